The molecule has 1 aliphatic heterocycles. The van der Waals surface area contributed by atoms with E-state index < -0.39 is 0 Å². The fraction of sp³-hybridized carbons (Fsp3) is 0.368. The van der Waals surface area contributed by atoms with Crippen LogP contribution in [-0.2, 0) is 17.8 Å². The van der Waals surface area contributed by atoms with E-state index in [0.29, 0.717) is 18.9 Å². The summed E-state index contributed by atoms with van der Waals surface area (Å²) in [5.74, 6) is 0.316. The van der Waals surface area contributed by atoms with E-state index in [1.165, 1.54) is 6.07 Å². The number of aromatic nitrogens is 1. The van der Waals surface area contributed by atoms with Gasteiger partial charge in [0.1, 0.15) is 5.82 Å². The van der Waals surface area contributed by atoms with Gasteiger partial charge in [0, 0.05) is 32.0 Å². The molecule has 2 heterocycles. The normalized spacial score (nSPS) is 17.8. The number of hydrogen-bond acceptors (Lipinski definition) is 3. The minimum atomic E-state index is -0.188. The number of carbonyl (C=O) groups is 1. The highest BCUT2D eigenvalue weighted by Gasteiger charge is 2.22. The van der Waals surface area contributed by atoms with Crippen LogP contribution in [0.3, 0.4) is 0 Å². The fourth-order valence-corrected chi connectivity index (χ4v) is 3.12. The second-order valence-corrected chi connectivity index (χ2v) is 6.36. The van der Waals surface area contributed by atoms with E-state index in [9.17, 15) is 9.18 Å². The Bertz CT molecular complexity index is 677. The number of rotatable bonds is 6. The third kappa shape index (κ3) is 4.86. The summed E-state index contributed by atoms with van der Waals surface area (Å²) in [5, 5.41) is 3.02. The summed E-state index contributed by atoms with van der Waals surface area (Å²) in [5.41, 5.74) is 1.97. The Morgan fingerprint density at radius 3 is 2.88 bits per heavy atom. The number of likely N-dealkylation sites (tertiary alicyclic amines) is 1. The van der Waals surface area contributed by atoms with Crippen LogP contribution in [0.25, 0.3) is 0 Å². The maximum absolute atomic E-state index is 13.2. The van der Waals surface area contributed by atoms with E-state index in [0.717, 1.165) is 37.2 Å². The highest BCUT2D eigenvalue weighted by molar-refractivity contribution is 5.78. The molecule has 3 rings (SSSR count). The molecule has 0 aliphatic carbocycles. The van der Waals surface area contributed by atoms with Gasteiger partial charge in [-0.1, -0.05) is 12.1 Å². The van der Waals surface area contributed by atoms with E-state index in [1.54, 1.807) is 24.5 Å². The van der Waals surface area contributed by atoms with Crippen molar-refractivity contribution >= 4 is 5.91 Å². The third-order valence-corrected chi connectivity index (χ3v) is 4.37. The highest BCUT2D eigenvalue weighted by atomic mass is 19.1. The summed E-state index contributed by atoms with van der Waals surface area (Å²) in [6.45, 7) is 3.39. The number of benzene rings is 1. The van der Waals surface area contributed by atoms with Gasteiger partial charge in [0.15, 0.2) is 0 Å². The Hall–Kier alpha value is -2.27. The summed E-state index contributed by atoms with van der Waals surface area (Å²) >= 11 is 0. The smallest absolute Gasteiger partial charge is 0.224 e. The molecule has 1 N–H and O–H groups in total. The average Bonchev–Trinajstić information content (AvgIpc) is 3.01. The lowest BCUT2D eigenvalue weighted by atomic mass is 10.1. The summed E-state index contributed by atoms with van der Waals surface area (Å²) in [4.78, 5) is 18.3. The second kappa shape index (κ2) is 8.02. The molecular weight excluding hydrogens is 305 g/mol. The van der Waals surface area contributed by atoms with E-state index in [-0.39, 0.29) is 11.7 Å². The Morgan fingerprint density at radius 2 is 2.08 bits per heavy atom. The van der Waals surface area contributed by atoms with Crippen molar-refractivity contribution < 1.29 is 9.18 Å². The lowest BCUT2D eigenvalue weighted by Crippen LogP contribution is -2.32. The lowest BCUT2D eigenvalue weighted by molar-refractivity contribution is -0.120. The van der Waals surface area contributed by atoms with Crippen LogP contribution in [0.4, 0.5) is 4.39 Å². The number of pyridine rings is 1. The summed E-state index contributed by atoms with van der Waals surface area (Å²) in [6.07, 6.45) is 4.85. The van der Waals surface area contributed by atoms with Crippen LogP contribution in [-0.4, -0.2) is 35.4 Å². The SMILES string of the molecule is O=C(Cc1ccncc1)NCC1CCN(Cc2cccc(F)c2)C1. The number of halogens is 1. The van der Waals surface area contributed by atoms with Crippen LogP contribution in [0, 0.1) is 11.7 Å². The van der Waals surface area contributed by atoms with Crippen molar-refractivity contribution in [1.82, 2.24) is 15.2 Å². The minimum Gasteiger partial charge on any atom is -0.355 e. The maximum atomic E-state index is 13.2. The zero-order chi connectivity index (χ0) is 16.8. The molecule has 1 atom stereocenters. The van der Waals surface area contributed by atoms with Gasteiger partial charge in [-0.15, -0.1) is 0 Å². The molecule has 1 saturated heterocycles. The van der Waals surface area contributed by atoms with Gasteiger partial charge in [-0.05, 0) is 54.3 Å². The topological polar surface area (TPSA) is 45.2 Å². The molecule has 2 aromatic rings. The van der Waals surface area contributed by atoms with Crippen molar-refractivity contribution in [3.05, 3.63) is 65.7 Å². The number of carbonyl (C=O) groups excluding carboxylic acids is 1. The molecule has 0 spiro atoms. The summed E-state index contributed by atoms with van der Waals surface area (Å²) in [7, 11) is 0. The predicted octanol–water partition coefficient (Wildman–Crippen LogP) is 2.40. The van der Waals surface area contributed by atoms with Gasteiger partial charge in [-0.2, -0.15) is 0 Å². The van der Waals surface area contributed by atoms with Gasteiger partial charge < -0.3 is 5.32 Å². The number of hydrogen-bond donors (Lipinski definition) is 1. The first-order chi connectivity index (χ1) is 11.7. The van der Waals surface area contributed by atoms with Crippen LogP contribution >= 0.6 is 0 Å². The van der Waals surface area contributed by atoms with Gasteiger partial charge >= 0.3 is 0 Å². The van der Waals surface area contributed by atoms with E-state index in [1.807, 2.05) is 18.2 Å². The summed E-state index contributed by atoms with van der Waals surface area (Å²) < 4.78 is 13.2. The number of nitrogens with one attached hydrogen (secondary N) is 1. The quantitative estimate of drug-likeness (QED) is 0.886. The molecule has 0 bridgehead atoms. The highest BCUT2D eigenvalue weighted by Crippen LogP contribution is 2.18. The first-order valence-corrected chi connectivity index (χ1v) is 8.31. The van der Waals surface area contributed by atoms with Crippen molar-refractivity contribution in [1.29, 1.82) is 0 Å². The molecule has 5 heteroatoms. The molecule has 1 amide bonds. The van der Waals surface area contributed by atoms with Gasteiger partial charge in [-0.25, -0.2) is 4.39 Å². The molecule has 24 heavy (non-hydrogen) atoms. The first-order valence-electron chi connectivity index (χ1n) is 8.31. The van der Waals surface area contributed by atoms with Crippen LogP contribution < -0.4 is 5.32 Å². The van der Waals surface area contributed by atoms with Crippen molar-refractivity contribution in [2.24, 2.45) is 5.92 Å². The van der Waals surface area contributed by atoms with E-state index in [2.05, 4.69) is 15.2 Å². The molecule has 1 aromatic heterocycles. The first kappa shape index (κ1) is 16.6. The molecule has 4 nitrogen and oxygen atoms in total. The van der Waals surface area contributed by atoms with Crippen LogP contribution in [0.1, 0.15) is 17.5 Å². The Morgan fingerprint density at radius 1 is 1.25 bits per heavy atom. The van der Waals surface area contributed by atoms with Crippen molar-refractivity contribution in [2.75, 3.05) is 19.6 Å². The van der Waals surface area contributed by atoms with Crippen molar-refractivity contribution in [3.8, 4) is 0 Å². The van der Waals surface area contributed by atoms with Crippen LogP contribution in [0.2, 0.25) is 0 Å². The van der Waals surface area contributed by atoms with Gasteiger partial charge in [-0.3, -0.25) is 14.7 Å². The van der Waals surface area contributed by atoms with Crippen LogP contribution in [0.15, 0.2) is 48.8 Å². The molecule has 126 valence electrons. The Balaban J connectivity index is 1.40. The molecule has 1 aliphatic rings. The standard InChI is InChI=1S/C19H22FN3O/c20-18-3-1-2-16(10-18)13-23-9-6-17(14-23)12-22-19(24)11-15-4-7-21-8-5-15/h1-5,7-8,10,17H,6,9,11-14H2,(H,22,24). The van der Waals surface area contributed by atoms with E-state index >= 15 is 0 Å². The summed E-state index contributed by atoms with van der Waals surface area (Å²) in [6, 6.07) is 10.5. The fourth-order valence-electron chi connectivity index (χ4n) is 3.12. The minimum absolute atomic E-state index is 0.0461. The van der Waals surface area contributed by atoms with Crippen molar-refractivity contribution in [3.63, 3.8) is 0 Å². The van der Waals surface area contributed by atoms with Crippen molar-refractivity contribution in [2.45, 2.75) is 19.4 Å². The zero-order valence-corrected chi connectivity index (χ0v) is 13.6. The largest absolute Gasteiger partial charge is 0.355 e. The second-order valence-electron chi connectivity index (χ2n) is 6.36. The van der Waals surface area contributed by atoms with Gasteiger partial charge in [0.25, 0.3) is 0 Å². The predicted molar refractivity (Wildman–Crippen MR) is 90.7 cm³/mol. The molecular formula is C19H22FN3O. The average molecular weight is 327 g/mol. The zero-order valence-electron chi connectivity index (χ0n) is 13.6. The molecule has 1 unspecified atom stereocenters. The molecule has 0 radical (unpaired) electrons. The molecule has 0 saturated carbocycles. The Labute approximate surface area is 141 Å². The maximum Gasteiger partial charge on any atom is 0.224 e. The number of nitrogens with zero attached hydrogens (tertiary/aromatic N) is 2. The van der Waals surface area contributed by atoms with Crippen LogP contribution in [0.5, 0.6) is 0 Å². The lowest BCUT2D eigenvalue weighted by Gasteiger charge is -2.16. The third-order valence-electron chi connectivity index (χ3n) is 4.37. The van der Waals surface area contributed by atoms with Gasteiger partial charge in [0.2, 0.25) is 5.91 Å². The van der Waals surface area contributed by atoms with E-state index in [4.69, 9.17) is 0 Å². The Kier molecular flexibility index (Phi) is 5.54. The number of amides is 1. The molecule has 1 fully saturated rings. The van der Waals surface area contributed by atoms with Gasteiger partial charge in [0.05, 0.1) is 6.42 Å². The monoisotopic (exact) mass is 327 g/mol. The molecule has 1 aromatic carbocycles.